The molecule has 0 aromatic rings. The van der Waals surface area contributed by atoms with Crippen molar-refractivity contribution >= 4 is 17.8 Å². The van der Waals surface area contributed by atoms with Crippen molar-refractivity contribution in [3.63, 3.8) is 0 Å². The fourth-order valence-electron chi connectivity index (χ4n) is 0.546. The zero-order valence-corrected chi connectivity index (χ0v) is 5.55. The first-order valence-electron chi connectivity index (χ1n) is 2.57. The van der Waals surface area contributed by atoms with Crippen LogP contribution in [-0.2, 0) is 0 Å². The Kier molecular flexibility index (Phi) is 1.57. The molecule has 9 heavy (non-hydrogen) atoms. The van der Waals surface area contributed by atoms with Gasteiger partial charge in [-0.15, -0.1) is 0 Å². The minimum Gasteiger partial charge on any atom is -0.307 e. The molecule has 1 aliphatic rings. The summed E-state index contributed by atoms with van der Waals surface area (Å²) >= 11 is 5.67. The van der Waals surface area contributed by atoms with Crippen molar-refractivity contribution in [3.05, 3.63) is 12.2 Å². The summed E-state index contributed by atoms with van der Waals surface area (Å²) in [5.74, 6) is 0. The predicted molar refractivity (Wildman–Crippen MR) is 38.4 cm³/mol. The molecular weight excluding hydrogens is 138 g/mol. The van der Waals surface area contributed by atoms with Gasteiger partial charge in [-0.25, -0.2) is 0 Å². The van der Waals surface area contributed by atoms with Gasteiger partial charge in [0.05, 0.1) is 0 Å². The fourth-order valence-corrected chi connectivity index (χ4v) is 0.675. The maximum Gasteiger partial charge on any atom is 0.146 e. The highest BCUT2D eigenvalue weighted by atomic mass is 35.5. The number of dihydropyridines is 1. The van der Waals surface area contributed by atoms with Crippen LogP contribution in [0.25, 0.3) is 0 Å². The Hall–Kier alpha value is -0.380. The maximum atomic E-state index is 5.67. The molecule has 4 heteroatoms. The summed E-state index contributed by atoms with van der Waals surface area (Å²) in [6, 6.07) is 0. The largest absolute Gasteiger partial charge is 0.307 e. The van der Waals surface area contributed by atoms with Gasteiger partial charge in [-0.05, 0) is 12.2 Å². The van der Waals surface area contributed by atoms with Crippen molar-refractivity contribution < 1.29 is 0 Å². The summed E-state index contributed by atoms with van der Waals surface area (Å²) in [7, 11) is 0. The van der Waals surface area contributed by atoms with Gasteiger partial charge in [-0.2, -0.15) is 0 Å². The molecule has 1 aliphatic heterocycles. The van der Waals surface area contributed by atoms with Crippen molar-refractivity contribution in [2.24, 2.45) is 16.5 Å². The SMILES string of the molecule is NC1N=CC=CC1(N)Cl. The number of halogens is 1. The summed E-state index contributed by atoms with van der Waals surface area (Å²) in [6.07, 6.45) is 4.35. The van der Waals surface area contributed by atoms with E-state index < -0.39 is 11.2 Å². The molecule has 0 radical (unpaired) electrons. The van der Waals surface area contributed by atoms with Crippen LogP contribution in [0.1, 0.15) is 0 Å². The van der Waals surface area contributed by atoms with Crippen molar-refractivity contribution in [1.82, 2.24) is 0 Å². The Bertz CT molecular complexity index is 162. The topological polar surface area (TPSA) is 64.4 Å². The Morgan fingerprint density at radius 2 is 2.33 bits per heavy atom. The molecule has 2 unspecified atom stereocenters. The number of alkyl halides is 1. The Labute approximate surface area is 58.4 Å². The third-order valence-electron chi connectivity index (χ3n) is 1.14. The van der Waals surface area contributed by atoms with E-state index in [1.165, 1.54) is 0 Å². The van der Waals surface area contributed by atoms with Crippen LogP contribution in [0.15, 0.2) is 17.1 Å². The highest BCUT2D eigenvalue weighted by molar-refractivity contribution is 6.25. The van der Waals surface area contributed by atoms with Gasteiger partial charge < -0.3 is 11.5 Å². The van der Waals surface area contributed by atoms with E-state index in [0.29, 0.717) is 0 Å². The van der Waals surface area contributed by atoms with Crippen LogP contribution in [0.5, 0.6) is 0 Å². The van der Waals surface area contributed by atoms with Crippen LogP contribution in [-0.4, -0.2) is 17.4 Å². The molecule has 50 valence electrons. The van der Waals surface area contributed by atoms with Gasteiger partial charge in [-0.1, -0.05) is 11.6 Å². The summed E-state index contributed by atoms with van der Waals surface area (Å²) in [4.78, 5) is 2.80. The number of rotatable bonds is 0. The zero-order chi connectivity index (χ0) is 6.91. The summed E-state index contributed by atoms with van der Waals surface area (Å²) in [5, 5.41) is 0. The quantitative estimate of drug-likeness (QED) is 0.367. The summed E-state index contributed by atoms with van der Waals surface area (Å²) in [6.45, 7) is 0. The van der Waals surface area contributed by atoms with Gasteiger partial charge >= 0.3 is 0 Å². The lowest BCUT2D eigenvalue weighted by Crippen LogP contribution is -2.49. The van der Waals surface area contributed by atoms with Crippen LogP contribution in [0, 0.1) is 0 Å². The zero-order valence-electron chi connectivity index (χ0n) is 4.79. The van der Waals surface area contributed by atoms with Gasteiger partial charge in [0.2, 0.25) is 0 Å². The molecule has 3 nitrogen and oxygen atoms in total. The minimum atomic E-state index is -0.991. The van der Waals surface area contributed by atoms with Crippen LogP contribution < -0.4 is 11.5 Å². The highest BCUT2D eigenvalue weighted by Crippen LogP contribution is 2.15. The first-order chi connectivity index (χ1) is 4.13. The number of hydrogen-bond donors (Lipinski definition) is 2. The molecular formula is C5H8ClN3. The Morgan fingerprint density at radius 1 is 1.67 bits per heavy atom. The molecule has 0 spiro atoms. The van der Waals surface area contributed by atoms with Gasteiger partial charge in [0.15, 0.2) is 0 Å². The third-order valence-corrected chi connectivity index (χ3v) is 1.49. The molecule has 0 aromatic carbocycles. The molecule has 1 rings (SSSR count). The lowest BCUT2D eigenvalue weighted by molar-refractivity contribution is 0.569. The minimum absolute atomic E-state index is 0.524. The average molecular weight is 146 g/mol. The smallest absolute Gasteiger partial charge is 0.146 e. The van der Waals surface area contributed by atoms with Crippen LogP contribution >= 0.6 is 11.6 Å². The molecule has 0 saturated heterocycles. The second-order valence-corrected chi connectivity index (χ2v) is 2.58. The standard InChI is InChI=1S/C5H8ClN3/c6-5(8)2-1-3-9-4(5)7/h1-4H,7-8H2. The first kappa shape index (κ1) is 6.74. The molecule has 0 amide bonds. The third kappa shape index (κ3) is 1.30. The Morgan fingerprint density at radius 3 is 2.67 bits per heavy atom. The van der Waals surface area contributed by atoms with E-state index in [9.17, 15) is 0 Å². The normalized spacial score (nSPS) is 41.4. The molecule has 0 aliphatic carbocycles. The van der Waals surface area contributed by atoms with Crippen LogP contribution in [0.4, 0.5) is 0 Å². The molecule has 0 aromatic heterocycles. The number of nitrogens with two attached hydrogens (primary N) is 2. The maximum absolute atomic E-state index is 5.67. The van der Waals surface area contributed by atoms with Crippen LogP contribution in [0.2, 0.25) is 0 Å². The highest BCUT2D eigenvalue weighted by Gasteiger charge is 2.27. The molecule has 0 bridgehead atoms. The lowest BCUT2D eigenvalue weighted by Gasteiger charge is -2.23. The number of nitrogens with zero attached hydrogens (tertiary/aromatic N) is 1. The molecule has 0 saturated carbocycles. The van der Waals surface area contributed by atoms with Crippen molar-refractivity contribution in [2.75, 3.05) is 0 Å². The molecule has 1 heterocycles. The number of hydrogen-bond acceptors (Lipinski definition) is 3. The molecule has 2 atom stereocenters. The second-order valence-electron chi connectivity index (χ2n) is 1.93. The molecule has 4 N–H and O–H groups in total. The van der Waals surface area contributed by atoms with Gasteiger partial charge in [0, 0.05) is 6.21 Å². The first-order valence-corrected chi connectivity index (χ1v) is 2.95. The monoisotopic (exact) mass is 145 g/mol. The van der Waals surface area contributed by atoms with Crippen molar-refractivity contribution in [1.29, 1.82) is 0 Å². The van der Waals surface area contributed by atoms with Gasteiger partial charge in [0.25, 0.3) is 0 Å². The van der Waals surface area contributed by atoms with E-state index in [1.807, 2.05) is 0 Å². The van der Waals surface area contributed by atoms with E-state index >= 15 is 0 Å². The van der Waals surface area contributed by atoms with Gasteiger partial charge in [0.1, 0.15) is 11.2 Å². The van der Waals surface area contributed by atoms with E-state index in [1.54, 1.807) is 18.4 Å². The lowest BCUT2D eigenvalue weighted by atomic mass is 10.2. The van der Waals surface area contributed by atoms with E-state index in [2.05, 4.69) is 4.99 Å². The number of aliphatic imine (C=N–C) groups is 1. The fraction of sp³-hybridized carbons (Fsp3) is 0.400. The van der Waals surface area contributed by atoms with E-state index in [0.717, 1.165) is 0 Å². The van der Waals surface area contributed by atoms with Crippen molar-refractivity contribution in [3.8, 4) is 0 Å². The second kappa shape index (κ2) is 2.10. The summed E-state index contributed by atoms with van der Waals surface area (Å²) < 4.78 is 0. The number of allylic oxidation sites excluding steroid dienone is 1. The Balaban J connectivity index is 2.78. The summed E-state index contributed by atoms with van der Waals surface area (Å²) in [5.41, 5.74) is 10.9. The predicted octanol–water partition coefficient (Wildman–Crippen LogP) is -0.194. The van der Waals surface area contributed by atoms with E-state index in [-0.39, 0.29) is 0 Å². The van der Waals surface area contributed by atoms with Crippen LogP contribution in [0.3, 0.4) is 0 Å². The van der Waals surface area contributed by atoms with E-state index in [4.69, 9.17) is 23.1 Å². The average Bonchev–Trinajstić information content (AvgIpc) is 1.77. The molecule has 0 fully saturated rings. The van der Waals surface area contributed by atoms with Gasteiger partial charge in [-0.3, -0.25) is 4.99 Å². The van der Waals surface area contributed by atoms with Crippen molar-refractivity contribution in [2.45, 2.75) is 11.2 Å².